The molecule has 1 spiro atoms. The average molecular weight is 354 g/mol. The van der Waals surface area contributed by atoms with Gasteiger partial charge in [0.05, 0.1) is 12.5 Å². The fraction of sp³-hybridized carbons (Fsp3) is 0.667. The van der Waals surface area contributed by atoms with E-state index in [2.05, 4.69) is 11.0 Å². The number of nitrogens with two attached hydrogens (primary N) is 1. The van der Waals surface area contributed by atoms with E-state index in [9.17, 15) is 4.79 Å². The summed E-state index contributed by atoms with van der Waals surface area (Å²) in [5, 5.41) is 0. The first-order chi connectivity index (χ1) is 12.6. The Morgan fingerprint density at radius 2 is 2.19 bits per heavy atom. The van der Waals surface area contributed by atoms with E-state index in [-0.39, 0.29) is 16.7 Å². The van der Waals surface area contributed by atoms with Gasteiger partial charge in [0.25, 0.3) is 0 Å². The van der Waals surface area contributed by atoms with Crippen molar-refractivity contribution in [1.82, 2.24) is 4.90 Å². The summed E-state index contributed by atoms with van der Waals surface area (Å²) in [4.78, 5) is 15.5. The van der Waals surface area contributed by atoms with Crippen LogP contribution in [0.2, 0.25) is 0 Å². The van der Waals surface area contributed by atoms with Gasteiger partial charge in [0.1, 0.15) is 0 Å². The monoisotopic (exact) mass is 354 g/mol. The van der Waals surface area contributed by atoms with Crippen molar-refractivity contribution in [2.75, 3.05) is 20.2 Å². The number of nitrogens with zero attached hydrogens (tertiary/aromatic N) is 1. The van der Waals surface area contributed by atoms with Crippen molar-refractivity contribution in [3.05, 3.63) is 23.3 Å². The average Bonchev–Trinajstić information content (AvgIpc) is 3.37. The van der Waals surface area contributed by atoms with Crippen LogP contribution in [0, 0.1) is 5.92 Å². The summed E-state index contributed by atoms with van der Waals surface area (Å²) in [5.74, 6) is 2.59. The summed E-state index contributed by atoms with van der Waals surface area (Å²) < 4.78 is 11.9. The molecule has 2 aliphatic heterocycles. The third-order valence-electron chi connectivity index (χ3n) is 7.90. The van der Waals surface area contributed by atoms with Crippen LogP contribution in [-0.2, 0) is 16.6 Å². The topological polar surface area (TPSA) is 64.8 Å². The lowest BCUT2D eigenvalue weighted by atomic mass is 9.47. The third-order valence-corrected chi connectivity index (χ3v) is 7.90. The van der Waals surface area contributed by atoms with Crippen LogP contribution in [-0.4, -0.2) is 48.6 Å². The quantitative estimate of drug-likeness (QED) is 0.897. The molecule has 0 amide bonds. The van der Waals surface area contributed by atoms with E-state index in [4.69, 9.17) is 15.2 Å². The Balaban J connectivity index is 1.57. The Bertz CT molecular complexity index is 820. The Hall–Kier alpha value is -1.59. The second kappa shape index (κ2) is 4.82. The Kier molecular flexibility index (Phi) is 2.86. The second-order valence-corrected chi connectivity index (χ2v) is 9.02. The summed E-state index contributed by atoms with van der Waals surface area (Å²) in [6, 6.07) is 4.48. The van der Waals surface area contributed by atoms with Crippen molar-refractivity contribution in [2.45, 2.75) is 61.6 Å². The van der Waals surface area contributed by atoms with Crippen LogP contribution in [0.25, 0.3) is 0 Å². The number of Topliss-reactive ketones (excluding diaryl/α,β-unsaturated/α-hetero) is 1. The summed E-state index contributed by atoms with van der Waals surface area (Å²) >= 11 is 0. The minimum absolute atomic E-state index is 0.214. The molecule has 5 heteroatoms. The summed E-state index contributed by atoms with van der Waals surface area (Å²) in [7, 11) is 1.67. The SMILES string of the molecule is COc1ccc2c3c1OC1C(=O)CC[C@@]4(N)[C@@H](C2)N(CC2CC2)CC[C@]314. The fourth-order valence-corrected chi connectivity index (χ4v) is 6.52. The van der Waals surface area contributed by atoms with Crippen molar-refractivity contribution in [1.29, 1.82) is 0 Å². The molecule has 6 rings (SSSR count). The number of ketones is 1. The molecule has 2 heterocycles. The largest absolute Gasteiger partial charge is 0.493 e. The first-order valence-corrected chi connectivity index (χ1v) is 10.0. The molecule has 1 unspecified atom stereocenters. The van der Waals surface area contributed by atoms with Crippen molar-refractivity contribution < 1.29 is 14.3 Å². The van der Waals surface area contributed by atoms with E-state index in [1.165, 1.54) is 24.0 Å². The maximum Gasteiger partial charge on any atom is 0.174 e. The van der Waals surface area contributed by atoms with Gasteiger partial charge < -0.3 is 15.2 Å². The van der Waals surface area contributed by atoms with Gasteiger partial charge in [-0.1, -0.05) is 6.07 Å². The van der Waals surface area contributed by atoms with Crippen molar-refractivity contribution in [3.8, 4) is 11.5 Å². The first-order valence-electron chi connectivity index (χ1n) is 10.0. The summed E-state index contributed by atoms with van der Waals surface area (Å²) in [5.41, 5.74) is 9.02. The number of ether oxygens (including phenoxy) is 2. The number of methoxy groups -OCH3 is 1. The number of carbonyl (C=O) groups is 1. The highest BCUT2D eigenvalue weighted by molar-refractivity contribution is 5.90. The van der Waals surface area contributed by atoms with Gasteiger partial charge in [-0.2, -0.15) is 0 Å². The van der Waals surface area contributed by atoms with E-state index >= 15 is 0 Å². The Morgan fingerprint density at radius 3 is 2.96 bits per heavy atom. The molecule has 1 aromatic carbocycles. The molecular formula is C21H26N2O3. The van der Waals surface area contributed by atoms with Crippen LogP contribution in [0.15, 0.2) is 12.1 Å². The van der Waals surface area contributed by atoms with Crippen molar-refractivity contribution in [3.63, 3.8) is 0 Å². The van der Waals surface area contributed by atoms with E-state index in [1.807, 2.05) is 6.07 Å². The van der Waals surface area contributed by atoms with E-state index in [0.717, 1.165) is 49.8 Å². The van der Waals surface area contributed by atoms with Crippen LogP contribution >= 0.6 is 0 Å². The van der Waals surface area contributed by atoms with Gasteiger partial charge in [0, 0.05) is 30.1 Å². The number of carbonyl (C=O) groups excluding carboxylic acids is 1. The lowest BCUT2D eigenvalue weighted by Gasteiger charge is -2.63. The maximum atomic E-state index is 12.9. The first kappa shape index (κ1) is 15.5. The van der Waals surface area contributed by atoms with Crippen LogP contribution in [0.5, 0.6) is 11.5 Å². The lowest BCUT2D eigenvalue weighted by molar-refractivity contribution is -0.141. The summed E-state index contributed by atoms with van der Waals surface area (Å²) in [6.45, 7) is 2.18. The standard InChI is InChI=1S/C21H26N2O3/c1-25-15-5-4-13-10-16-21(22)7-6-14(24)19-20(21,17(13)18(15)26-19)8-9-23(16)11-12-2-3-12/h4-5,12,16,19H,2-3,6-11,22H2,1H3/t16-,19?,20+,21-/m1/s1. The van der Waals surface area contributed by atoms with Crippen molar-refractivity contribution >= 4 is 5.78 Å². The summed E-state index contributed by atoms with van der Waals surface area (Å²) in [6.07, 6.45) is 5.45. The minimum atomic E-state index is -0.433. The molecular weight excluding hydrogens is 328 g/mol. The van der Waals surface area contributed by atoms with Crippen molar-refractivity contribution in [2.24, 2.45) is 11.7 Å². The molecule has 26 heavy (non-hydrogen) atoms. The third kappa shape index (κ3) is 1.63. The highest BCUT2D eigenvalue weighted by Gasteiger charge is 2.72. The number of piperidine rings is 1. The number of hydrogen-bond acceptors (Lipinski definition) is 5. The van der Waals surface area contributed by atoms with Crippen LogP contribution in [0.1, 0.15) is 43.2 Å². The van der Waals surface area contributed by atoms with Gasteiger partial charge in [-0.3, -0.25) is 9.69 Å². The number of likely N-dealkylation sites (tertiary alicyclic amines) is 1. The van der Waals surface area contributed by atoms with Gasteiger partial charge in [0.15, 0.2) is 23.4 Å². The molecule has 5 aliphatic rings. The molecule has 2 saturated carbocycles. The maximum absolute atomic E-state index is 12.9. The number of rotatable bonds is 3. The number of benzene rings is 1. The molecule has 4 atom stereocenters. The van der Waals surface area contributed by atoms with Gasteiger partial charge in [-0.05, 0) is 56.2 Å². The minimum Gasteiger partial charge on any atom is -0.493 e. The van der Waals surface area contributed by atoms with Gasteiger partial charge in [-0.15, -0.1) is 0 Å². The van der Waals surface area contributed by atoms with E-state index < -0.39 is 6.10 Å². The smallest absolute Gasteiger partial charge is 0.174 e. The molecule has 2 bridgehead atoms. The molecule has 0 aromatic heterocycles. The highest BCUT2D eigenvalue weighted by atomic mass is 16.5. The lowest BCUT2D eigenvalue weighted by Crippen LogP contribution is -2.80. The molecule has 138 valence electrons. The molecule has 5 nitrogen and oxygen atoms in total. The van der Waals surface area contributed by atoms with E-state index in [1.54, 1.807) is 7.11 Å². The molecule has 1 saturated heterocycles. The van der Waals surface area contributed by atoms with E-state index in [0.29, 0.717) is 12.5 Å². The fourth-order valence-electron chi connectivity index (χ4n) is 6.52. The van der Waals surface area contributed by atoms with Crippen LogP contribution < -0.4 is 15.2 Å². The Morgan fingerprint density at radius 1 is 1.35 bits per heavy atom. The van der Waals surface area contributed by atoms with Crippen LogP contribution in [0.3, 0.4) is 0 Å². The zero-order chi connectivity index (χ0) is 17.7. The zero-order valence-electron chi connectivity index (χ0n) is 15.3. The van der Waals surface area contributed by atoms with Gasteiger partial charge in [0.2, 0.25) is 0 Å². The highest BCUT2D eigenvalue weighted by Crippen LogP contribution is 2.64. The van der Waals surface area contributed by atoms with Gasteiger partial charge in [-0.25, -0.2) is 0 Å². The molecule has 3 fully saturated rings. The molecule has 3 aliphatic carbocycles. The molecule has 1 aromatic rings. The van der Waals surface area contributed by atoms with Gasteiger partial charge >= 0.3 is 0 Å². The predicted octanol–water partition coefficient (Wildman–Crippen LogP) is 1.79. The second-order valence-electron chi connectivity index (χ2n) is 9.02. The van der Waals surface area contributed by atoms with Crippen LogP contribution in [0.4, 0.5) is 0 Å². The molecule has 0 radical (unpaired) electrons. The number of hydrogen-bond donors (Lipinski definition) is 1. The zero-order valence-corrected chi connectivity index (χ0v) is 15.3. The Labute approximate surface area is 153 Å². The molecule has 2 N–H and O–H groups in total. The predicted molar refractivity (Wildman–Crippen MR) is 96.7 cm³/mol. The normalized spacial score (nSPS) is 40.2.